The number of nitrogens with one attached hydrogen (secondary N) is 1. The summed E-state index contributed by atoms with van der Waals surface area (Å²) < 4.78 is 5.55. The highest BCUT2D eigenvalue weighted by Crippen LogP contribution is 2.31. The Bertz CT molecular complexity index is 815. The molecule has 7 heteroatoms. The number of aromatic amines is 1. The van der Waals surface area contributed by atoms with Crippen molar-refractivity contribution in [3.05, 3.63) is 28.7 Å². The number of rotatable bonds is 3. The van der Waals surface area contributed by atoms with E-state index in [1.165, 1.54) is 5.56 Å². The van der Waals surface area contributed by atoms with Crippen LogP contribution in [0.1, 0.15) is 41.6 Å². The summed E-state index contributed by atoms with van der Waals surface area (Å²) >= 11 is 0. The molecule has 3 rings (SSSR count). The van der Waals surface area contributed by atoms with Crippen molar-refractivity contribution >= 4 is 17.0 Å². The molecule has 0 amide bonds. The predicted molar refractivity (Wildman–Crippen MR) is 84.0 cm³/mol. The van der Waals surface area contributed by atoms with Crippen molar-refractivity contribution in [2.45, 2.75) is 40.7 Å². The molecular weight excluding hydrogens is 280 g/mol. The third-order valence-electron chi connectivity index (χ3n) is 3.98. The van der Waals surface area contributed by atoms with Crippen molar-refractivity contribution in [2.24, 2.45) is 0 Å². The molecular formula is C15H20N6O. The fourth-order valence-corrected chi connectivity index (χ4v) is 2.81. The van der Waals surface area contributed by atoms with E-state index in [2.05, 4.69) is 37.0 Å². The molecule has 1 atom stereocenters. The van der Waals surface area contributed by atoms with Gasteiger partial charge in [0.1, 0.15) is 5.82 Å². The van der Waals surface area contributed by atoms with Gasteiger partial charge in [-0.3, -0.25) is 5.10 Å². The molecule has 0 aliphatic heterocycles. The van der Waals surface area contributed by atoms with Crippen LogP contribution in [0.25, 0.3) is 11.2 Å². The molecule has 0 aromatic carbocycles. The molecule has 3 aromatic rings. The Morgan fingerprint density at radius 3 is 2.45 bits per heavy atom. The summed E-state index contributed by atoms with van der Waals surface area (Å²) in [7, 11) is 2.00. The number of hydrogen-bond acceptors (Lipinski definition) is 6. The minimum atomic E-state index is 0.105. The molecule has 0 bridgehead atoms. The number of aromatic nitrogens is 5. The molecule has 3 aromatic heterocycles. The molecule has 0 aliphatic rings. The van der Waals surface area contributed by atoms with Gasteiger partial charge < -0.3 is 9.32 Å². The van der Waals surface area contributed by atoms with Gasteiger partial charge in [-0.2, -0.15) is 10.1 Å². The van der Waals surface area contributed by atoms with Gasteiger partial charge in [-0.25, -0.2) is 9.97 Å². The Morgan fingerprint density at radius 2 is 1.82 bits per heavy atom. The van der Waals surface area contributed by atoms with Gasteiger partial charge in [0.25, 0.3) is 5.71 Å². The second-order valence-electron chi connectivity index (χ2n) is 5.62. The highest BCUT2D eigenvalue weighted by Gasteiger charge is 2.23. The van der Waals surface area contributed by atoms with E-state index in [1.54, 1.807) is 0 Å². The van der Waals surface area contributed by atoms with Gasteiger partial charge in [0.2, 0.25) is 0 Å². The van der Waals surface area contributed by atoms with E-state index in [9.17, 15) is 0 Å². The molecule has 1 unspecified atom stereocenters. The zero-order chi connectivity index (χ0) is 16.0. The van der Waals surface area contributed by atoms with Gasteiger partial charge in [-0.1, -0.05) is 0 Å². The normalized spacial score (nSPS) is 12.8. The molecule has 0 aliphatic carbocycles. The van der Waals surface area contributed by atoms with Crippen molar-refractivity contribution in [3.63, 3.8) is 0 Å². The average Bonchev–Trinajstić information content (AvgIpc) is 2.98. The maximum Gasteiger partial charge on any atom is 0.252 e. The van der Waals surface area contributed by atoms with Crippen molar-refractivity contribution in [3.8, 4) is 0 Å². The zero-order valence-corrected chi connectivity index (χ0v) is 13.7. The monoisotopic (exact) mass is 300 g/mol. The van der Waals surface area contributed by atoms with Crippen LogP contribution >= 0.6 is 0 Å². The predicted octanol–water partition coefficient (Wildman–Crippen LogP) is 2.77. The van der Waals surface area contributed by atoms with E-state index < -0.39 is 0 Å². The summed E-state index contributed by atoms with van der Waals surface area (Å²) in [6.07, 6.45) is 0. The number of aryl methyl sites for hydroxylation is 4. The van der Waals surface area contributed by atoms with Gasteiger partial charge in [-0.05, 0) is 27.7 Å². The molecule has 0 saturated carbocycles. The Balaban J connectivity index is 2.10. The molecule has 116 valence electrons. The molecule has 0 spiro atoms. The minimum Gasteiger partial charge on any atom is -0.422 e. The zero-order valence-electron chi connectivity index (χ0n) is 13.7. The maximum absolute atomic E-state index is 5.55. The summed E-state index contributed by atoms with van der Waals surface area (Å²) in [5.74, 6) is 2.03. The minimum absolute atomic E-state index is 0.105. The lowest BCUT2D eigenvalue weighted by atomic mass is 10.1. The highest BCUT2D eigenvalue weighted by atomic mass is 16.4. The molecule has 0 radical (unpaired) electrons. The maximum atomic E-state index is 5.55. The lowest BCUT2D eigenvalue weighted by Crippen LogP contribution is -2.24. The Hall–Kier alpha value is -2.44. The first-order valence-electron chi connectivity index (χ1n) is 7.24. The highest BCUT2D eigenvalue weighted by molar-refractivity contribution is 5.82. The first kappa shape index (κ1) is 14.5. The van der Waals surface area contributed by atoms with E-state index in [4.69, 9.17) is 4.42 Å². The standard InChI is InChI=1S/C15H20N6O/c1-7-12(8(2)20-19-7)9(3)21(6)14-13-15(17-10(4)16-14)22-11(5)18-13/h9H,1-6H3,(H,19,20). The van der Waals surface area contributed by atoms with Crippen LogP contribution in [0.5, 0.6) is 0 Å². The van der Waals surface area contributed by atoms with Crippen molar-refractivity contribution < 1.29 is 4.42 Å². The van der Waals surface area contributed by atoms with Crippen molar-refractivity contribution in [2.75, 3.05) is 11.9 Å². The smallest absolute Gasteiger partial charge is 0.252 e. The van der Waals surface area contributed by atoms with Gasteiger partial charge >= 0.3 is 0 Å². The van der Waals surface area contributed by atoms with Crippen LogP contribution in [-0.4, -0.2) is 32.2 Å². The second kappa shape index (κ2) is 5.08. The van der Waals surface area contributed by atoms with E-state index in [1.807, 2.05) is 34.7 Å². The number of nitrogens with zero attached hydrogens (tertiary/aromatic N) is 5. The van der Waals surface area contributed by atoms with Crippen LogP contribution in [0.15, 0.2) is 4.42 Å². The second-order valence-corrected chi connectivity index (χ2v) is 5.62. The lowest BCUT2D eigenvalue weighted by Gasteiger charge is -2.26. The summed E-state index contributed by atoms with van der Waals surface area (Å²) in [6, 6.07) is 0.105. The van der Waals surface area contributed by atoms with E-state index in [-0.39, 0.29) is 6.04 Å². The fourth-order valence-electron chi connectivity index (χ4n) is 2.81. The first-order valence-corrected chi connectivity index (χ1v) is 7.24. The van der Waals surface area contributed by atoms with E-state index >= 15 is 0 Å². The van der Waals surface area contributed by atoms with E-state index in [0.29, 0.717) is 22.9 Å². The number of fused-ring (bicyclic) bond motifs is 1. The van der Waals surface area contributed by atoms with Crippen LogP contribution in [-0.2, 0) is 0 Å². The van der Waals surface area contributed by atoms with Crippen LogP contribution in [0, 0.1) is 27.7 Å². The van der Waals surface area contributed by atoms with Crippen LogP contribution < -0.4 is 4.90 Å². The lowest BCUT2D eigenvalue weighted by molar-refractivity contribution is 0.550. The van der Waals surface area contributed by atoms with Gasteiger partial charge in [0, 0.05) is 25.2 Å². The SMILES string of the molecule is Cc1nc(N(C)C(C)c2c(C)n[nH]c2C)c2nc(C)oc2n1. The average molecular weight is 300 g/mol. The number of hydrogen-bond donors (Lipinski definition) is 1. The Kier molecular flexibility index (Phi) is 3.35. The summed E-state index contributed by atoms with van der Waals surface area (Å²) in [4.78, 5) is 15.4. The number of anilines is 1. The molecule has 3 heterocycles. The third kappa shape index (κ3) is 2.22. The quantitative estimate of drug-likeness (QED) is 0.800. The number of oxazole rings is 1. The third-order valence-corrected chi connectivity index (χ3v) is 3.98. The van der Waals surface area contributed by atoms with Gasteiger partial charge in [-0.15, -0.1) is 0 Å². The van der Waals surface area contributed by atoms with Crippen molar-refractivity contribution in [1.82, 2.24) is 25.1 Å². The van der Waals surface area contributed by atoms with Gasteiger partial charge in [0.15, 0.2) is 17.2 Å². The Morgan fingerprint density at radius 1 is 1.09 bits per heavy atom. The molecule has 0 saturated heterocycles. The van der Waals surface area contributed by atoms with Crippen LogP contribution in [0.2, 0.25) is 0 Å². The summed E-state index contributed by atoms with van der Waals surface area (Å²) in [5.41, 5.74) is 4.45. The summed E-state index contributed by atoms with van der Waals surface area (Å²) in [5, 5.41) is 7.31. The molecule has 7 nitrogen and oxygen atoms in total. The topological polar surface area (TPSA) is 83.7 Å². The molecule has 0 fully saturated rings. The molecule has 1 N–H and O–H groups in total. The molecule has 22 heavy (non-hydrogen) atoms. The van der Waals surface area contributed by atoms with Crippen LogP contribution in [0.3, 0.4) is 0 Å². The largest absolute Gasteiger partial charge is 0.422 e. The van der Waals surface area contributed by atoms with Crippen LogP contribution in [0.4, 0.5) is 5.82 Å². The first-order chi connectivity index (χ1) is 10.4. The Labute approximate surface area is 128 Å². The van der Waals surface area contributed by atoms with E-state index in [0.717, 1.165) is 17.2 Å². The fraction of sp³-hybridized carbons (Fsp3) is 0.467. The summed E-state index contributed by atoms with van der Waals surface area (Å²) in [6.45, 7) is 9.83. The van der Waals surface area contributed by atoms with Gasteiger partial charge in [0.05, 0.1) is 11.7 Å². The number of H-pyrrole nitrogens is 1. The van der Waals surface area contributed by atoms with Crippen molar-refractivity contribution in [1.29, 1.82) is 0 Å².